The van der Waals surface area contributed by atoms with Gasteiger partial charge in [-0.2, -0.15) is 0 Å². The summed E-state index contributed by atoms with van der Waals surface area (Å²) in [6.45, 7) is 9.03. The highest BCUT2D eigenvalue weighted by Gasteiger charge is 2.11. The van der Waals surface area contributed by atoms with E-state index in [1.165, 1.54) is 38.5 Å². The summed E-state index contributed by atoms with van der Waals surface area (Å²) in [6, 6.07) is 0.418. The van der Waals surface area contributed by atoms with E-state index in [1.807, 2.05) is 0 Å². The molecule has 0 amide bonds. The zero-order valence-corrected chi connectivity index (χ0v) is 17.0. The third-order valence-corrected chi connectivity index (χ3v) is 3.75. The van der Waals surface area contributed by atoms with E-state index < -0.39 is 0 Å². The molecule has 0 radical (unpaired) electrons. The second-order valence-corrected chi connectivity index (χ2v) is 6.25. The van der Waals surface area contributed by atoms with Crippen molar-refractivity contribution in [3.05, 3.63) is 0 Å². The van der Waals surface area contributed by atoms with E-state index in [0.717, 1.165) is 38.5 Å². The summed E-state index contributed by atoms with van der Waals surface area (Å²) in [6.07, 6.45) is 10.7. The molecule has 0 unspecified atom stereocenters. The van der Waals surface area contributed by atoms with Gasteiger partial charge in [0, 0.05) is 25.7 Å². The van der Waals surface area contributed by atoms with Crippen LogP contribution in [-0.2, 0) is 4.74 Å². The molecule has 2 N–H and O–H groups in total. The van der Waals surface area contributed by atoms with E-state index >= 15 is 0 Å². The normalized spacial score (nSPS) is 17.0. The first-order chi connectivity index (χ1) is 10.2. The maximum atomic E-state index is 6.00. The predicted octanol–water partition coefficient (Wildman–Crippen LogP) is 4.09. The Hall–Kier alpha value is -0.0400. The lowest BCUT2D eigenvalue weighted by Crippen LogP contribution is -2.41. The van der Waals surface area contributed by atoms with Crippen molar-refractivity contribution in [1.82, 2.24) is 10.6 Å². The van der Waals surface area contributed by atoms with E-state index in [1.54, 1.807) is 0 Å². The van der Waals surface area contributed by atoms with Crippen molar-refractivity contribution in [3.8, 4) is 0 Å². The summed E-state index contributed by atoms with van der Waals surface area (Å²) in [5.74, 6) is 0.928. The molecule has 0 aromatic rings. The molecular weight excluding hydrogens is 389 g/mol. The summed E-state index contributed by atoms with van der Waals surface area (Å²) in [4.78, 5) is 4.59. The molecule has 1 rings (SSSR count). The molecule has 0 bridgehead atoms. The Bertz CT molecular complexity index is 277. The van der Waals surface area contributed by atoms with Gasteiger partial charge in [0.25, 0.3) is 0 Å². The average Bonchev–Trinajstić information content (AvgIpc) is 2.71. The van der Waals surface area contributed by atoms with Crippen LogP contribution in [0, 0.1) is 0 Å². The van der Waals surface area contributed by atoms with Crippen molar-refractivity contribution in [3.63, 3.8) is 0 Å². The number of unbranched alkanes of at least 4 members (excludes halogenated alkanes) is 1. The molecule has 0 heterocycles. The minimum atomic E-state index is 0. The molecule has 0 aliphatic heterocycles. The molecule has 1 fully saturated rings. The molecule has 0 spiro atoms. The average molecular weight is 425 g/mol. The van der Waals surface area contributed by atoms with Gasteiger partial charge in [0.2, 0.25) is 0 Å². The van der Waals surface area contributed by atoms with Gasteiger partial charge in [0.1, 0.15) is 0 Å². The quantitative estimate of drug-likeness (QED) is 0.203. The van der Waals surface area contributed by atoms with E-state index in [0.29, 0.717) is 12.1 Å². The van der Waals surface area contributed by atoms with Crippen LogP contribution in [0.1, 0.15) is 72.1 Å². The molecule has 1 saturated carbocycles. The van der Waals surface area contributed by atoms with Crippen LogP contribution in [0.5, 0.6) is 0 Å². The predicted molar refractivity (Wildman–Crippen MR) is 106 cm³/mol. The molecule has 1 aliphatic rings. The zero-order chi connectivity index (χ0) is 15.3. The fourth-order valence-electron chi connectivity index (χ4n) is 2.66. The summed E-state index contributed by atoms with van der Waals surface area (Å²) < 4.78 is 6.00. The Morgan fingerprint density at radius 2 is 1.82 bits per heavy atom. The van der Waals surface area contributed by atoms with Gasteiger partial charge in [-0.3, -0.25) is 4.99 Å². The maximum absolute atomic E-state index is 6.00. The third-order valence-electron chi connectivity index (χ3n) is 3.75. The van der Waals surface area contributed by atoms with Crippen molar-refractivity contribution in [2.24, 2.45) is 4.99 Å². The highest BCUT2D eigenvalue weighted by atomic mass is 127. The van der Waals surface area contributed by atoms with Gasteiger partial charge in [-0.15, -0.1) is 24.0 Å². The van der Waals surface area contributed by atoms with Gasteiger partial charge < -0.3 is 15.4 Å². The number of nitrogens with one attached hydrogen (secondary N) is 2. The highest BCUT2D eigenvalue weighted by molar-refractivity contribution is 14.0. The van der Waals surface area contributed by atoms with Crippen LogP contribution in [0.2, 0.25) is 0 Å². The van der Waals surface area contributed by atoms with Gasteiger partial charge in [-0.1, -0.05) is 25.7 Å². The maximum Gasteiger partial charge on any atom is 0.191 e. The Labute approximate surface area is 154 Å². The standard InChI is InChI=1S/C17H35N3O.HI/c1-4-18-17(20-15(2)3)19-13-9-10-14-21-16-11-7-5-6-8-12-16;/h15-16H,4-14H2,1-3H3,(H2,18,19,20);1H. The zero-order valence-electron chi connectivity index (χ0n) is 14.7. The van der Waals surface area contributed by atoms with Gasteiger partial charge in [0.05, 0.1) is 6.10 Å². The Kier molecular flexibility index (Phi) is 14.5. The molecule has 4 nitrogen and oxygen atoms in total. The third kappa shape index (κ3) is 11.5. The fraction of sp³-hybridized carbons (Fsp3) is 0.941. The Balaban J connectivity index is 0.00000441. The van der Waals surface area contributed by atoms with Crippen molar-refractivity contribution >= 4 is 29.9 Å². The second-order valence-electron chi connectivity index (χ2n) is 6.25. The van der Waals surface area contributed by atoms with Crippen molar-refractivity contribution in [2.45, 2.75) is 84.3 Å². The van der Waals surface area contributed by atoms with Gasteiger partial charge in [-0.25, -0.2) is 0 Å². The van der Waals surface area contributed by atoms with E-state index in [4.69, 9.17) is 4.74 Å². The first-order valence-electron chi connectivity index (χ1n) is 8.88. The van der Waals surface area contributed by atoms with Crippen molar-refractivity contribution in [2.75, 3.05) is 19.7 Å². The highest BCUT2D eigenvalue weighted by Crippen LogP contribution is 2.19. The number of nitrogens with zero attached hydrogens (tertiary/aromatic N) is 1. The molecular formula is C17H36IN3O. The fourth-order valence-corrected chi connectivity index (χ4v) is 2.66. The number of guanidine groups is 1. The van der Waals surface area contributed by atoms with Gasteiger partial charge in [-0.05, 0) is 46.5 Å². The number of halogens is 1. The van der Waals surface area contributed by atoms with E-state index in [2.05, 4.69) is 36.4 Å². The molecule has 22 heavy (non-hydrogen) atoms. The van der Waals surface area contributed by atoms with Crippen LogP contribution in [0.3, 0.4) is 0 Å². The van der Waals surface area contributed by atoms with Gasteiger partial charge in [0.15, 0.2) is 5.96 Å². The van der Waals surface area contributed by atoms with Crippen LogP contribution in [-0.4, -0.2) is 37.8 Å². The lowest BCUT2D eigenvalue weighted by molar-refractivity contribution is 0.0413. The minimum Gasteiger partial charge on any atom is -0.378 e. The van der Waals surface area contributed by atoms with E-state index in [-0.39, 0.29) is 24.0 Å². The first kappa shape index (κ1) is 22.0. The van der Waals surface area contributed by atoms with Crippen molar-refractivity contribution < 1.29 is 4.74 Å². The summed E-state index contributed by atoms with van der Waals surface area (Å²) in [7, 11) is 0. The molecule has 1 aliphatic carbocycles. The largest absolute Gasteiger partial charge is 0.378 e. The minimum absolute atomic E-state index is 0. The van der Waals surface area contributed by atoms with E-state index in [9.17, 15) is 0 Å². The summed E-state index contributed by atoms with van der Waals surface area (Å²) in [5.41, 5.74) is 0. The lowest BCUT2D eigenvalue weighted by Gasteiger charge is -2.15. The van der Waals surface area contributed by atoms with Gasteiger partial charge >= 0.3 is 0 Å². The number of ether oxygens (including phenoxy) is 1. The number of aliphatic imine (C=N–C) groups is 1. The molecule has 132 valence electrons. The van der Waals surface area contributed by atoms with Crippen LogP contribution < -0.4 is 10.6 Å². The summed E-state index contributed by atoms with van der Waals surface area (Å²) in [5, 5.41) is 6.61. The molecule has 0 aromatic carbocycles. The number of hydrogen-bond donors (Lipinski definition) is 2. The monoisotopic (exact) mass is 425 g/mol. The molecule has 5 heteroatoms. The lowest BCUT2D eigenvalue weighted by atomic mass is 10.1. The van der Waals surface area contributed by atoms with Crippen LogP contribution in [0.25, 0.3) is 0 Å². The molecule has 0 aromatic heterocycles. The summed E-state index contributed by atoms with van der Waals surface area (Å²) >= 11 is 0. The SMILES string of the molecule is CCNC(=NCCCCOC1CCCCCC1)NC(C)C.I. The Morgan fingerprint density at radius 1 is 1.14 bits per heavy atom. The smallest absolute Gasteiger partial charge is 0.191 e. The number of hydrogen-bond acceptors (Lipinski definition) is 2. The molecule has 0 atom stereocenters. The Morgan fingerprint density at radius 3 is 2.41 bits per heavy atom. The van der Waals surface area contributed by atoms with Crippen molar-refractivity contribution in [1.29, 1.82) is 0 Å². The van der Waals surface area contributed by atoms with Crippen LogP contribution in [0.15, 0.2) is 4.99 Å². The van der Waals surface area contributed by atoms with Crippen LogP contribution in [0.4, 0.5) is 0 Å². The van der Waals surface area contributed by atoms with Crippen LogP contribution >= 0.6 is 24.0 Å². The topological polar surface area (TPSA) is 45.7 Å². The molecule has 0 saturated heterocycles. The number of rotatable bonds is 8. The second kappa shape index (κ2) is 14.5. The first-order valence-corrected chi connectivity index (χ1v) is 8.88.